The third kappa shape index (κ3) is 3.55. The average molecular weight is 257 g/mol. The average Bonchev–Trinajstić information content (AvgIpc) is 2.78. The molecule has 1 unspecified atom stereocenters. The van der Waals surface area contributed by atoms with Crippen LogP contribution in [-0.4, -0.2) is 29.9 Å². The fourth-order valence-electron chi connectivity index (χ4n) is 2.57. The van der Waals surface area contributed by atoms with E-state index in [0.717, 1.165) is 31.6 Å². The molecule has 1 fully saturated rings. The minimum absolute atomic E-state index is 0.0430. The van der Waals surface area contributed by atoms with Gasteiger partial charge in [-0.2, -0.15) is 5.26 Å². The Hall–Kier alpha value is -1.86. The normalized spacial score (nSPS) is 19.1. The Morgan fingerprint density at radius 3 is 3.00 bits per heavy atom. The fraction of sp³-hybridized carbons (Fsp3) is 0.467. The lowest BCUT2D eigenvalue weighted by molar-refractivity contribution is -0.119. The maximum absolute atomic E-state index is 11.0. The first-order valence-electron chi connectivity index (χ1n) is 6.57. The highest BCUT2D eigenvalue weighted by molar-refractivity contribution is 5.73. The minimum atomic E-state index is 0.0430. The summed E-state index contributed by atoms with van der Waals surface area (Å²) in [7, 11) is 0. The number of rotatable bonds is 3. The van der Waals surface area contributed by atoms with Crippen LogP contribution in [-0.2, 0) is 11.3 Å². The van der Waals surface area contributed by atoms with Gasteiger partial charge in [0.05, 0.1) is 11.6 Å². The highest BCUT2D eigenvalue weighted by Gasteiger charge is 2.23. The molecule has 1 aliphatic heterocycles. The topological polar surface area (TPSA) is 56.1 Å². The number of nitriles is 1. The molecule has 1 saturated heterocycles. The summed E-state index contributed by atoms with van der Waals surface area (Å²) in [5.74, 6) is 0.0430. The van der Waals surface area contributed by atoms with Crippen molar-refractivity contribution >= 4 is 5.91 Å². The van der Waals surface area contributed by atoms with E-state index in [1.807, 2.05) is 25.1 Å². The van der Waals surface area contributed by atoms with Crippen LogP contribution < -0.4 is 5.32 Å². The number of aryl methyl sites for hydroxylation is 1. The molecule has 4 nitrogen and oxygen atoms in total. The van der Waals surface area contributed by atoms with Crippen molar-refractivity contribution in [2.45, 2.75) is 32.9 Å². The van der Waals surface area contributed by atoms with E-state index < -0.39 is 0 Å². The smallest absolute Gasteiger partial charge is 0.217 e. The predicted octanol–water partition coefficient (Wildman–Crippen LogP) is 1.58. The number of nitrogens with one attached hydrogen (secondary N) is 1. The first kappa shape index (κ1) is 13.6. The first-order valence-corrected chi connectivity index (χ1v) is 6.57. The molecule has 19 heavy (non-hydrogen) atoms. The first-order chi connectivity index (χ1) is 9.08. The van der Waals surface area contributed by atoms with Crippen molar-refractivity contribution in [3.8, 4) is 6.07 Å². The van der Waals surface area contributed by atoms with Gasteiger partial charge < -0.3 is 5.32 Å². The second-order valence-electron chi connectivity index (χ2n) is 5.17. The van der Waals surface area contributed by atoms with Crippen molar-refractivity contribution < 1.29 is 4.79 Å². The molecule has 0 radical (unpaired) electrons. The molecular formula is C15H19N3O. The molecule has 1 atom stereocenters. The van der Waals surface area contributed by atoms with E-state index in [1.54, 1.807) is 6.92 Å². The van der Waals surface area contributed by atoms with Crippen molar-refractivity contribution in [1.29, 1.82) is 5.26 Å². The molecule has 1 aromatic rings. The van der Waals surface area contributed by atoms with E-state index in [4.69, 9.17) is 5.26 Å². The van der Waals surface area contributed by atoms with Gasteiger partial charge in [-0.3, -0.25) is 9.69 Å². The van der Waals surface area contributed by atoms with Crippen molar-refractivity contribution in [3.63, 3.8) is 0 Å². The Kier molecular flexibility index (Phi) is 4.18. The highest BCUT2D eigenvalue weighted by Crippen LogP contribution is 2.17. The van der Waals surface area contributed by atoms with Crippen LogP contribution >= 0.6 is 0 Å². The van der Waals surface area contributed by atoms with E-state index in [0.29, 0.717) is 5.56 Å². The van der Waals surface area contributed by atoms with Crippen molar-refractivity contribution in [2.24, 2.45) is 0 Å². The van der Waals surface area contributed by atoms with Gasteiger partial charge in [-0.15, -0.1) is 0 Å². The lowest BCUT2D eigenvalue weighted by Gasteiger charge is -2.17. The molecule has 0 aromatic heterocycles. The lowest BCUT2D eigenvalue weighted by Crippen LogP contribution is -2.35. The van der Waals surface area contributed by atoms with E-state index >= 15 is 0 Å². The molecule has 0 saturated carbocycles. The quantitative estimate of drug-likeness (QED) is 0.894. The Labute approximate surface area is 114 Å². The summed E-state index contributed by atoms with van der Waals surface area (Å²) >= 11 is 0. The maximum atomic E-state index is 11.0. The zero-order chi connectivity index (χ0) is 13.8. The van der Waals surface area contributed by atoms with Crippen molar-refractivity contribution in [2.75, 3.05) is 13.1 Å². The van der Waals surface area contributed by atoms with Crippen LogP contribution in [0.5, 0.6) is 0 Å². The molecule has 0 spiro atoms. The van der Waals surface area contributed by atoms with E-state index in [1.165, 1.54) is 5.56 Å². The molecule has 2 rings (SSSR count). The van der Waals surface area contributed by atoms with Gasteiger partial charge in [-0.05, 0) is 36.6 Å². The number of carbonyl (C=O) groups excluding carboxylic acids is 1. The number of amides is 1. The second-order valence-corrected chi connectivity index (χ2v) is 5.17. The van der Waals surface area contributed by atoms with Gasteiger partial charge in [-0.1, -0.05) is 6.07 Å². The SMILES string of the molecule is CC(=O)NC1CCN(Cc2ccc(C#N)cc2C)C1. The minimum Gasteiger partial charge on any atom is -0.352 e. The molecule has 4 heteroatoms. The van der Waals surface area contributed by atoms with Crippen LogP contribution in [0.15, 0.2) is 18.2 Å². The summed E-state index contributed by atoms with van der Waals surface area (Å²) in [6.07, 6.45) is 1.01. The third-order valence-electron chi connectivity index (χ3n) is 3.55. The summed E-state index contributed by atoms with van der Waals surface area (Å²) in [6, 6.07) is 8.25. The number of carbonyl (C=O) groups is 1. The third-order valence-corrected chi connectivity index (χ3v) is 3.55. The van der Waals surface area contributed by atoms with Gasteiger partial charge in [-0.25, -0.2) is 0 Å². The zero-order valence-electron chi connectivity index (χ0n) is 11.4. The molecule has 0 aliphatic carbocycles. The van der Waals surface area contributed by atoms with Gasteiger partial charge in [0.2, 0.25) is 5.91 Å². The van der Waals surface area contributed by atoms with E-state index in [9.17, 15) is 4.79 Å². The lowest BCUT2D eigenvalue weighted by atomic mass is 10.1. The van der Waals surface area contributed by atoms with Gasteiger partial charge in [0.15, 0.2) is 0 Å². The number of hydrogen-bond acceptors (Lipinski definition) is 3. The molecular weight excluding hydrogens is 238 g/mol. The Balaban J connectivity index is 1.96. The number of hydrogen-bond donors (Lipinski definition) is 1. The summed E-state index contributed by atoms with van der Waals surface area (Å²) in [6.45, 7) is 6.39. The van der Waals surface area contributed by atoms with Crippen LogP contribution in [0.2, 0.25) is 0 Å². The van der Waals surface area contributed by atoms with Gasteiger partial charge in [0, 0.05) is 32.6 Å². The van der Waals surface area contributed by atoms with Crippen molar-refractivity contribution in [3.05, 3.63) is 34.9 Å². The Bertz CT molecular complexity index is 519. The summed E-state index contributed by atoms with van der Waals surface area (Å²) in [5, 5.41) is 11.8. The largest absolute Gasteiger partial charge is 0.352 e. The molecule has 1 aromatic carbocycles. The molecule has 100 valence electrons. The Morgan fingerprint density at radius 2 is 2.37 bits per heavy atom. The van der Waals surface area contributed by atoms with Gasteiger partial charge in [0.1, 0.15) is 0 Å². The van der Waals surface area contributed by atoms with Crippen LogP contribution in [0, 0.1) is 18.3 Å². The number of benzene rings is 1. The van der Waals surface area contributed by atoms with Gasteiger partial charge in [0.25, 0.3) is 0 Å². The number of nitrogens with zero attached hydrogens (tertiary/aromatic N) is 2. The fourth-order valence-corrected chi connectivity index (χ4v) is 2.57. The van der Waals surface area contributed by atoms with Crippen LogP contribution in [0.1, 0.15) is 30.0 Å². The van der Waals surface area contributed by atoms with Crippen LogP contribution in [0.25, 0.3) is 0 Å². The summed E-state index contributed by atoms with van der Waals surface area (Å²) in [4.78, 5) is 13.4. The number of likely N-dealkylation sites (tertiary alicyclic amines) is 1. The molecule has 1 N–H and O–H groups in total. The van der Waals surface area contributed by atoms with Crippen LogP contribution in [0.3, 0.4) is 0 Å². The second kappa shape index (κ2) is 5.85. The monoisotopic (exact) mass is 257 g/mol. The van der Waals surface area contributed by atoms with Gasteiger partial charge >= 0.3 is 0 Å². The highest BCUT2D eigenvalue weighted by atomic mass is 16.1. The molecule has 1 aliphatic rings. The standard InChI is InChI=1S/C15H19N3O/c1-11-7-13(8-16)3-4-14(11)9-18-6-5-15(10-18)17-12(2)19/h3-4,7,15H,5-6,9-10H2,1-2H3,(H,17,19). The molecule has 1 amide bonds. The molecule has 1 heterocycles. The summed E-state index contributed by atoms with van der Waals surface area (Å²) < 4.78 is 0. The molecule has 0 bridgehead atoms. The summed E-state index contributed by atoms with van der Waals surface area (Å²) in [5.41, 5.74) is 3.11. The van der Waals surface area contributed by atoms with E-state index in [-0.39, 0.29) is 11.9 Å². The Morgan fingerprint density at radius 1 is 1.58 bits per heavy atom. The van der Waals surface area contributed by atoms with Crippen LogP contribution in [0.4, 0.5) is 0 Å². The van der Waals surface area contributed by atoms with E-state index in [2.05, 4.69) is 16.3 Å². The predicted molar refractivity (Wildman–Crippen MR) is 73.4 cm³/mol. The van der Waals surface area contributed by atoms with Crippen molar-refractivity contribution in [1.82, 2.24) is 10.2 Å². The maximum Gasteiger partial charge on any atom is 0.217 e. The zero-order valence-corrected chi connectivity index (χ0v) is 11.4.